The summed E-state index contributed by atoms with van der Waals surface area (Å²) in [5, 5.41) is 14.6. The van der Waals surface area contributed by atoms with Crippen LogP contribution >= 0.6 is 12.2 Å². The van der Waals surface area contributed by atoms with Gasteiger partial charge >= 0.3 is 0 Å². The predicted octanol–water partition coefficient (Wildman–Crippen LogP) is 2.31. The van der Waals surface area contributed by atoms with E-state index in [-0.39, 0.29) is 5.54 Å². The van der Waals surface area contributed by atoms with Crippen molar-refractivity contribution in [3.05, 3.63) is 29.8 Å². The largest absolute Gasteiger partial charge is 0.497 e. The summed E-state index contributed by atoms with van der Waals surface area (Å²) in [6.07, 6.45) is 1.45. The maximum atomic E-state index is 10.7. The molecule has 1 fully saturated rings. The van der Waals surface area contributed by atoms with E-state index in [0.717, 1.165) is 12.2 Å². The van der Waals surface area contributed by atoms with Crippen molar-refractivity contribution in [3.8, 4) is 5.75 Å². The van der Waals surface area contributed by atoms with Gasteiger partial charge in [0.1, 0.15) is 11.5 Å². The van der Waals surface area contributed by atoms with Gasteiger partial charge in [0, 0.05) is 18.5 Å². The van der Waals surface area contributed by atoms with Crippen LogP contribution in [0.4, 0.5) is 0 Å². The molecule has 2 N–H and O–H groups in total. The summed E-state index contributed by atoms with van der Waals surface area (Å²) in [4.78, 5) is 1.87. The Kier molecular flexibility index (Phi) is 4.44. The fraction of sp³-hybridized carbons (Fsp3) is 0.562. The zero-order chi connectivity index (χ0) is 15.7. The molecule has 0 bridgehead atoms. The van der Waals surface area contributed by atoms with Crippen LogP contribution in [0.25, 0.3) is 0 Å². The van der Waals surface area contributed by atoms with Crippen LogP contribution in [0.2, 0.25) is 0 Å². The number of ether oxygens (including phenoxy) is 1. The van der Waals surface area contributed by atoms with Gasteiger partial charge in [-0.25, -0.2) is 0 Å². The SMILES string of the molecule is COc1ccc(CCN2C(=S)NC(C)(C)CC2(C)O)cc1. The Hall–Kier alpha value is -1.33. The molecule has 1 unspecified atom stereocenters. The van der Waals surface area contributed by atoms with Gasteiger partial charge < -0.3 is 20.1 Å². The number of benzene rings is 1. The van der Waals surface area contributed by atoms with E-state index in [2.05, 4.69) is 19.2 Å². The lowest BCUT2D eigenvalue weighted by Crippen LogP contribution is -2.66. The number of aliphatic hydroxyl groups is 1. The molecular formula is C16H24N2O2S. The molecule has 21 heavy (non-hydrogen) atoms. The first kappa shape index (κ1) is 16.0. The Morgan fingerprint density at radius 3 is 2.43 bits per heavy atom. The van der Waals surface area contributed by atoms with Gasteiger partial charge in [-0.3, -0.25) is 0 Å². The molecule has 116 valence electrons. The molecule has 1 saturated heterocycles. The highest BCUT2D eigenvalue weighted by Gasteiger charge is 2.42. The zero-order valence-electron chi connectivity index (χ0n) is 13.1. The molecule has 0 radical (unpaired) electrons. The summed E-state index contributed by atoms with van der Waals surface area (Å²) in [5.74, 6) is 0.850. The molecule has 0 spiro atoms. The van der Waals surface area contributed by atoms with Crippen LogP contribution in [0.5, 0.6) is 5.75 Å². The average molecular weight is 308 g/mol. The van der Waals surface area contributed by atoms with Crippen molar-refractivity contribution in [1.82, 2.24) is 10.2 Å². The van der Waals surface area contributed by atoms with Crippen molar-refractivity contribution in [2.24, 2.45) is 0 Å². The van der Waals surface area contributed by atoms with Gasteiger partial charge in [0.2, 0.25) is 0 Å². The van der Waals surface area contributed by atoms with Gasteiger partial charge in [-0.2, -0.15) is 0 Å². The third-order valence-corrected chi connectivity index (χ3v) is 4.15. The second-order valence-corrected chi connectivity index (χ2v) is 6.84. The predicted molar refractivity (Wildman–Crippen MR) is 88.5 cm³/mol. The summed E-state index contributed by atoms with van der Waals surface area (Å²) in [5.41, 5.74) is 0.0920. The van der Waals surface area contributed by atoms with Crippen LogP contribution < -0.4 is 10.1 Å². The van der Waals surface area contributed by atoms with Gasteiger partial charge in [0.05, 0.1) is 7.11 Å². The van der Waals surface area contributed by atoms with Crippen LogP contribution in [-0.4, -0.2) is 40.0 Å². The molecule has 1 heterocycles. The van der Waals surface area contributed by atoms with E-state index < -0.39 is 5.72 Å². The Morgan fingerprint density at radius 2 is 1.90 bits per heavy atom. The molecule has 0 aromatic heterocycles. The number of methoxy groups -OCH3 is 1. The summed E-state index contributed by atoms with van der Waals surface area (Å²) < 4.78 is 5.16. The molecule has 1 aromatic carbocycles. The summed E-state index contributed by atoms with van der Waals surface area (Å²) in [6, 6.07) is 7.97. The van der Waals surface area contributed by atoms with Crippen LogP contribution in [0.1, 0.15) is 32.8 Å². The molecule has 0 amide bonds. The maximum absolute atomic E-state index is 10.7. The standard InChI is InChI=1S/C16H24N2O2S/c1-15(2)11-16(3,19)18(14(21)17-15)10-9-12-5-7-13(20-4)8-6-12/h5-8,19H,9-11H2,1-4H3,(H,17,21). The molecule has 1 aliphatic rings. The average Bonchev–Trinajstić information content (AvgIpc) is 2.36. The number of nitrogens with one attached hydrogen (secondary N) is 1. The molecule has 2 rings (SSSR count). The normalized spacial score (nSPS) is 24.6. The highest BCUT2D eigenvalue weighted by atomic mass is 32.1. The van der Waals surface area contributed by atoms with Gasteiger partial charge in [-0.15, -0.1) is 0 Å². The third-order valence-electron chi connectivity index (χ3n) is 3.83. The van der Waals surface area contributed by atoms with Crippen molar-refractivity contribution in [3.63, 3.8) is 0 Å². The number of nitrogens with zero attached hydrogens (tertiary/aromatic N) is 1. The number of hydrogen-bond acceptors (Lipinski definition) is 3. The molecule has 1 atom stereocenters. The minimum atomic E-state index is -0.918. The first-order valence-corrected chi connectivity index (χ1v) is 7.59. The van der Waals surface area contributed by atoms with E-state index in [1.807, 2.05) is 36.1 Å². The van der Waals surface area contributed by atoms with Crippen LogP contribution in [0, 0.1) is 0 Å². The van der Waals surface area contributed by atoms with E-state index in [9.17, 15) is 5.11 Å². The van der Waals surface area contributed by atoms with Crippen molar-refractivity contribution < 1.29 is 9.84 Å². The third kappa shape index (κ3) is 3.86. The summed E-state index contributed by atoms with van der Waals surface area (Å²) in [7, 11) is 1.66. The molecule has 0 saturated carbocycles. The Morgan fingerprint density at radius 1 is 1.29 bits per heavy atom. The van der Waals surface area contributed by atoms with Crippen molar-refractivity contribution in [2.75, 3.05) is 13.7 Å². The van der Waals surface area contributed by atoms with Crippen LogP contribution in [-0.2, 0) is 6.42 Å². The molecule has 1 aromatic rings. The van der Waals surface area contributed by atoms with Crippen molar-refractivity contribution >= 4 is 17.3 Å². The lowest BCUT2D eigenvalue weighted by molar-refractivity contribution is -0.0876. The fourth-order valence-corrected chi connectivity index (χ4v) is 3.49. The molecule has 0 aliphatic carbocycles. The van der Waals surface area contributed by atoms with E-state index in [0.29, 0.717) is 18.1 Å². The Labute approximate surface area is 132 Å². The molecule has 4 nitrogen and oxygen atoms in total. The summed E-state index contributed by atoms with van der Waals surface area (Å²) >= 11 is 5.41. The number of thiocarbonyl (C=S) groups is 1. The van der Waals surface area contributed by atoms with Crippen molar-refractivity contribution in [1.29, 1.82) is 0 Å². The maximum Gasteiger partial charge on any atom is 0.171 e. The minimum Gasteiger partial charge on any atom is -0.497 e. The second kappa shape index (κ2) is 5.81. The lowest BCUT2D eigenvalue weighted by atomic mass is 9.90. The Bertz CT molecular complexity index is 512. The number of hydrogen-bond donors (Lipinski definition) is 2. The van der Waals surface area contributed by atoms with Crippen LogP contribution in [0.15, 0.2) is 24.3 Å². The van der Waals surface area contributed by atoms with E-state index >= 15 is 0 Å². The second-order valence-electron chi connectivity index (χ2n) is 6.46. The van der Waals surface area contributed by atoms with E-state index in [1.165, 1.54) is 5.56 Å². The zero-order valence-corrected chi connectivity index (χ0v) is 14.0. The minimum absolute atomic E-state index is 0.183. The van der Waals surface area contributed by atoms with Crippen LogP contribution in [0.3, 0.4) is 0 Å². The highest BCUT2D eigenvalue weighted by molar-refractivity contribution is 7.80. The highest BCUT2D eigenvalue weighted by Crippen LogP contribution is 2.29. The first-order chi connectivity index (χ1) is 9.73. The van der Waals surface area contributed by atoms with Crippen molar-refractivity contribution in [2.45, 2.75) is 44.9 Å². The Balaban J connectivity index is 2.02. The molecule has 1 aliphatic heterocycles. The van der Waals surface area contributed by atoms with Gasteiger partial charge in [0.25, 0.3) is 0 Å². The number of rotatable bonds is 4. The molecule has 5 heteroatoms. The first-order valence-electron chi connectivity index (χ1n) is 7.19. The quantitative estimate of drug-likeness (QED) is 0.836. The smallest absolute Gasteiger partial charge is 0.171 e. The lowest BCUT2D eigenvalue weighted by Gasteiger charge is -2.49. The fourth-order valence-electron chi connectivity index (χ4n) is 2.93. The molecular weight excluding hydrogens is 284 g/mol. The topological polar surface area (TPSA) is 44.7 Å². The van der Waals surface area contributed by atoms with Gasteiger partial charge in [-0.05, 0) is 57.1 Å². The summed E-state index contributed by atoms with van der Waals surface area (Å²) in [6.45, 7) is 6.61. The van der Waals surface area contributed by atoms with E-state index in [4.69, 9.17) is 17.0 Å². The monoisotopic (exact) mass is 308 g/mol. The van der Waals surface area contributed by atoms with E-state index in [1.54, 1.807) is 7.11 Å². The van der Waals surface area contributed by atoms with Gasteiger partial charge in [0.15, 0.2) is 5.11 Å². The van der Waals surface area contributed by atoms with Gasteiger partial charge in [-0.1, -0.05) is 12.1 Å².